The molecule has 2 aliphatic carbocycles. The van der Waals surface area contributed by atoms with Gasteiger partial charge in [0, 0.05) is 35.6 Å². The number of piperidine rings is 1. The van der Waals surface area contributed by atoms with Crippen LogP contribution in [0.2, 0.25) is 0 Å². The van der Waals surface area contributed by atoms with Crippen LogP contribution in [0.15, 0.2) is 59.1 Å². The molecule has 0 atom stereocenters. The van der Waals surface area contributed by atoms with Gasteiger partial charge in [-0.15, -0.1) is 0 Å². The van der Waals surface area contributed by atoms with Crippen LogP contribution in [0.4, 0.5) is 14.5 Å². The number of pyridine rings is 1. The minimum Gasteiger partial charge on any atom is -0.477 e. The van der Waals surface area contributed by atoms with E-state index in [9.17, 15) is 18.7 Å². The molecule has 1 saturated carbocycles. The summed E-state index contributed by atoms with van der Waals surface area (Å²) in [7, 11) is 0. The van der Waals surface area contributed by atoms with E-state index in [2.05, 4.69) is 27.2 Å². The first kappa shape index (κ1) is 23.1. The molecule has 192 valence electrons. The standard InChI is InChI=1S/C30H25F2N3O3/c31-21-2-1-3-22(32)26(21)27-25(28(38-34-27)17-4-5-17)19-15-30(16-19)10-12-35(13-11-30)20-7-9-23-18(14-20)6-8-24(33-23)29(36)37/h1-3,6-9,14-15,17H,4-5,10-13,16H2,(H,36,37). The third-order valence-corrected chi connectivity index (χ3v) is 8.23. The summed E-state index contributed by atoms with van der Waals surface area (Å²) in [4.78, 5) is 17.8. The minimum atomic E-state index is -1.04. The van der Waals surface area contributed by atoms with Gasteiger partial charge in [-0.2, -0.15) is 0 Å². The predicted octanol–water partition coefficient (Wildman–Crippen LogP) is 6.82. The van der Waals surface area contributed by atoms with Crippen molar-refractivity contribution in [2.75, 3.05) is 18.0 Å². The van der Waals surface area contributed by atoms with Crippen LogP contribution in [0, 0.1) is 17.0 Å². The Kier molecular flexibility index (Phi) is 5.15. The molecule has 2 fully saturated rings. The second kappa shape index (κ2) is 8.48. The van der Waals surface area contributed by atoms with Crippen molar-refractivity contribution in [1.29, 1.82) is 0 Å². The smallest absolute Gasteiger partial charge is 0.354 e. The molecule has 2 aromatic carbocycles. The third kappa shape index (κ3) is 3.78. The third-order valence-electron chi connectivity index (χ3n) is 8.23. The summed E-state index contributed by atoms with van der Waals surface area (Å²) in [6, 6.07) is 13.1. The van der Waals surface area contributed by atoms with Gasteiger partial charge in [-0.05, 0) is 79.5 Å². The number of nitrogens with zero attached hydrogens (tertiary/aromatic N) is 3. The number of halogens is 2. The Labute approximate surface area is 217 Å². The molecule has 8 heteroatoms. The van der Waals surface area contributed by atoms with Gasteiger partial charge in [0.05, 0.1) is 11.1 Å². The van der Waals surface area contributed by atoms with Gasteiger partial charge in [0.25, 0.3) is 0 Å². The summed E-state index contributed by atoms with van der Waals surface area (Å²) in [6.07, 6.45) is 7.07. The van der Waals surface area contributed by atoms with E-state index in [0.29, 0.717) is 5.52 Å². The van der Waals surface area contributed by atoms with Gasteiger partial charge < -0.3 is 14.5 Å². The zero-order chi connectivity index (χ0) is 26.0. The van der Waals surface area contributed by atoms with E-state index in [1.165, 1.54) is 24.3 Å². The number of carboxylic acids is 1. The average Bonchev–Trinajstić information content (AvgIpc) is 3.66. The van der Waals surface area contributed by atoms with Crippen LogP contribution >= 0.6 is 0 Å². The van der Waals surface area contributed by atoms with E-state index in [1.54, 1.807) is 6.07 Å². The van der Waals surface area contributed by atoms with Crippen molar-refractivity contribution in [2.24, 2.45) is 5.41 Å². The molecular weight excluding hydrogens is 488 g/mol. The van der Waals surface area contributed by atoms with Gasteiger partial charge in [0.15, 0.2) is 0 Å². The van der Waals surface area contributed by atoms with Crippen LogP contribution in [-0.4, -0.2) is 34.3 Å². The number of benzene rings is 2. The van der Waals surface area contributed by atoms with Gasteiger partial charge in [0.2, 0.25) is 0 Å². The maximum atomic E-state index is 14.7. The molecule has 1 N–H and O–H groups in total. The number of hydrogen-bond donors (Lipinski definition) is 1. The first-order chi connectivity index (χ1) is 18.4. The van der Waals surface area contributed by atoms with Gasteiger partial charge in [-0.3, -0.25) is 0 Å². The lowest BCUT2D eigenvalue weighted by atomic mass is 9.63. The number of hydrogen-bond acceptors (Lipinski definition) is 5. The molecule has 1 spiro atoms. The van der Waals surface area contributed by atoms with Crippen LogP contribution in [0.5, 0.6) is 0 Å². The van der Waals surface area contributed by atoms with E-state index >= 15 is 0 Å². The fraction of sp³-hybridized carbons (Fsp3) is 0.300. The monoisotopic (exact) mass is 513 g/mol. The molecule has 0 radical (unpaired) electrons. The normalized spacial score (nSPS) is 18.5. The van der Waals surface area contributed by atoms with Crippen molar-refractivity contribution >= 4 is 28.1 Å². The summed E-state index contributed by atoms with van der Waals surface area (Å²) < 4.78 is 35.0. The van der Waals surface area contributed by atoms with Crippen LogP contribution in [0.3, 0.4) is 0 Å². The topological polar surface area (TPSA) is 79.5 Å². The van der Waals surface area contributed by atoms with Gasteiger partial charge >= 0.3 is 5.97 Å². The molecule has 38 heavy (non-hydrogen) atoms. The van der Waals surface area contributed by atoms with E-state index in [4.69, 9.17) is 4.52 Å². The lowest BCUT2D eigenvalue weighted by molar-refractivity contribution is 0.0691. The number of carboxylic acid groups (broad SMARTS) is 1. The SMILES string of the molecule is O=C(O)c1ccc2cc(N3CCC4(C=C(c5c(-c6c(F)cccc6F)noc5C5CC5)C4)CC3)ccc2n1. The molecule has 0 unspecified atom stereocenters. The van der Waals surface area contributed by atoms with Gasteiger partial charge in [-0.25, -0.2) is 18.6 Å². The lowest BCUT2D eigenvalue weighted by Gasteiger charge is -2.47. The van der Waals surface area contributed by atoms with Gasteiger partial charge in [0.1, 0.15) is 28.8 Å². The van der Waals surface area contributed by atoms with Crippen molar-refractivity contribution in [3.63, 3.8) is 0 Å². The van der Waals surface area contributed by atoms with Crippen molar-refractivity contribution in [2.45, 2.75) is 38.0 Å². The number of aromatic carboxylic acids is 1. The highest BCUT2D eigenvalue weighted by molar-refractivity contribution is 5.91. The average molecular weight is 514 g/mol. The molecule has 1 saturated heterocycles. The molecule has 2 aromatic heterocycles. The lowest BCUT2D eigenvalue weighted by Crippen LogP contribution is -2.42. The maximum absolute atomic E-state index is 14.7. The predicted molar refractivity (Wildman–Crippen MR) is 139 cm³/mol. The molecule has 1 aliphatic heterocycles. The van der Waals surface area contributed by atoms with Crippen LogP contribution in [0.25, 0.3) is 27.7 Å². The summed E-state index contributed by atoms with van der Waals surface area (Å²) in [5.74, 6) is -1.26. The van der Waals surface area contributed by atoms with Gasteiger partial charge in [-0.1, -0.05) is 23.4 Å². The summed E-state index contributed by atoms with van der Waals surface area (Å²) in [5.41, 5.74) is 3.87. The highest BCUT2D eigenvalue weighted by Gasteiger charge is 2.44. The second-order valence-corrected chi connectivity index (χ2v) is 10.7. The molecule has 0 amide bonds. The highest BCUT2D eigenvalue weighted by atomic mass is 19.1. The van der Waals surface area contributed by atoms with Crippen LogP contribution in [0.1, 0.15) is 59.8 Å². The number of fused-ring (bicyclic) bond motifs is 1. The van der Waals surface area contributed by atoms with Crippen molar-refractivity contribution in [3.05, 3.63) is 83.3 Å². The Morgan fingerprint density at radius 3 is 2.45 bits per heavy atom. The van der Waals surface area contributed by atoms with Crippen molar-refractivity contribution in [1.82, 2.24) is 10.1 Å². The van der Waals surface area contributed by atoms with Crippen molar-refractivity contribution < 1.29 is 23.2 Å². The molecule has 3 heterocycles. The minimum absolute atomic E-state index is 0.0382. The summed E-state index contributed by atoms with van der Waals surface area (Å²) >= 11 is 0. The fourth-order valence-corrected chi connectivity index (χ4v) is 5.97. The highest BCUT2D eigenvalue weighted by Crippen LogP contribution is 2.56. The number of aromatic nitrogens is 2. The molecule has 0 bridgehead atoms. The largest absolute Gasteiger partial charge is 0.477 e. The van der Waals surface area contributed by atoms with E-state index < -0.39 is 17.6 Å². The molecule has 3 aliphatic rings. The first-order valence-corrected chi connectivity index (χ1v) is 13.0. The molecule has 4 aromatic rings. The van der Waals surface area contributed by atoms with E-state index in [0.717, 1.165) is 73.2 Å². The Bertz CT molecular complexity index is 1610. The number of rotatable bonds is 5. The zero-order valence-electron chi connectivity index (χ0n) is 20.6. The number of allylic oxidation sites excluding steroid dienone is 2. The van der Waals surface area contributed by atoms with E-state index in [-0.39, 0.29) is 28.3 Å². The Morgan fingerprint density at radius 1 is 1.03 bits per heavy atom. The maximum Gasteiger partial charge on any atom is 0.354 e. The van der Waals surface area contributed by atoms with E-state index in [1.807, 2.05) is 12.1 Å². The van der Waals surface area contributed by atoms with Crippen molar-refractivity contribution in [3.8, 4) is 11.3 Å². The Balaban J connectivity index is 1.13. The summed E-state index contributed by atoms with van der Waals surface area (Å²) in [5, 5.41) is 14.2. The Morgan fingerprint density at radius 2 is 1.76 bits per heavy atom. The summed E-state index contributed by atoms with van der Waals surface area (Å²) in [6.45, 7) is 1.76. The Hall–Kier alpha value is -4.07. The van der Waals surface area contributed by atoms with Crippen LogP contribution in [-0.2, 0) is 0 Å². The first-order valence-electron chi connectivity index (χ1n) is 13.0. The molecule has 7 rings (SSSR count). The van der Waals surface area contributed by atoms with Crippen LogP contribution < -0.4 is 4.90 Å². The quantitative estimate of drug-likeness (QED) is 0.316. The number of carbonyl (C=O) groups is 1. The zero-order valence-corrected chi connectivity index (χ0v) is 20.6. The molecule has 6 nitrogen and oxygen atoms in total. The number of anilines is 1. The second-order valence-electron chi connectivity index (χ2n) is 10.7. The molecular formula is C30H25F2N3O3. The fourth-order valence-electron chi connectivity index (χ4n) is 5.97.